The molecule has 2 aliphatic rings. The average molecular weight is 999 g/mol. The van der Waals surface area contributed by atoms with Crippen LogP contribution in [0.15, 0.2) is 146 Å². The number of aromatic hydroxyl groups is 2. The summed E-state index contributed by atoms with van der Waals surface area (Å²) in [7, 11) is 0. The van der Waals surface area contributed by atoms with Crippen molar-refractivity contribution in [2.75, 3.05) is 23.7 Å². The molecule has 0 spiro atoms. The quantitative estimate of drug-likeness (QED) is 0.0408. The molecule has 14 nitrogen and oxygen atoms in total. The number of phenols is 2. The van der Waals surface area contributed by atoms with Crippen LogP contribution in [-0.4, -0.2) is 54.7 Å². The van der Waals surface area contributed by atoms with Crippen molar-refractivity contribution in [1.29, 1.82) is 0 Å². The van der Waals surface area contributed by atoms with Gasteiger partial charge in [0.15, 0.2) is 0 Å². The lowest BCUT2D eigenvalue weighted by Gasteiger charge is -2.22. The predicted octanol–water partition coefficient (Wildman–Crippen LogP) is 9.65. The summed E-state index contributed by atoms with van der Waals surface area (Å²) in [5.41, 5.74) is 19.6. The fraction of sp³-hybridized carbons (Fsp3) is 0.241. The van der Waals surface area contributed by atoms with Gasteiger partial charge in [0.25, 0.3) is 11.8 Å². The van der Waals surface area contributed by atoms with Gasteiger partial charge in [0.05, 0.1) is 46.2 Å². The standard InChI is InChI=1S/2C29H30FN5O2/c2*1-18-13-26(35(34-18)22-6-4-5-20(14-22)16-31)29(37)33-25-15-21(11-12-24(25)30)28(32-17-19-9-10-19)23-7-2-3-8-27(23)36/h2*2-8,11-15,19,28,32,36H,9-10,16-17,31H2,1H3,(H,33,37). The van der Waals surface area contributed by atoms with Gasteiger partial charge in [-0.05, 0) is 160 Å². The molecule has 0 radical (unpaired) electrons. The Bertz CT molecular complexity index is 3080. The Kier molecular flexibility index (Phi) is 15.7. The van der Waals surface area contributed by atoms with Gasteiger partial charge in [0.1, 0.15) is 34.5 Å². The van der Waals surface area contributed by atoms with Crippen LogP contribution in [0.5, 0.6) is 11.5 Å². The first-order valence-corrected chi connectivity index (χ1v) is 24.8. The van der Waals surface area contributed by atoms with Crippen LogP contribution < -0.4 is 32.7 Å². The summed E-state index contributed by atoms with van der Waals surface area (Å²) in [5.74, 6) is -0.552. The number of nitrogens with zero attached hydrogens (tertiary/aromatic N) is 4. The lowest BCUT2D eigenvalue weighted by Crippen LogP contribution is -2.25. The summed E-state index contributed by atoms with van der Waals surface area (Å²) in [5, 5.41) is 42.4. The molecule has 2 atom stereocenters. The first-order valence-electron chi connectivity index (χ1n) is 24.8. The van der Waals surface area contributed by atoms with Gasteiger partial charge in [-0.2, -0.15) is 10.2 Å². The number of nitrogens with two attached hydrogens (primary N) is 2. The maximum absolute atomic E-state index is 14.9. The second-order valence-corrected chi connectivity index (χ2v) is 19.0. The van der Waals surface area contributed by atoms with Gasteiger partial charge in [0, 0.05) is 24.2 Å². The van der Waals surface area contributed by atoms with Gasteiger partial charge in [-0.3, -0.25) is 9.59 Å². The van der Waals surface area contributed by atoms with Crippen LogP contribution in [0.2, 0.25) is 0 Å². The first-order chi connectivity index (χ1) is 35.8. The predicted molar refractivity (Wildman–Crippen MR) is 282 cm³/mol. The van der Waals surface area contributed by atoms with E-state index in [2.05, 4.69) is 31.5 Å². The highest BCUT2D eigenvalue weighted by Gasteiger charge is 2.28. The largest absolute Gasteiger partial charge is 0.508 e. The van der Waals surface area contributed by atoms with Crippen LogP contribution >= 0.6 is 0 Å². The average Bonchev–Trinajstić information content (AvgIpc) is 4.35. The van der Waals surface area contributed by atoms with E-state index in [1.54, 1.807) is 74.5 Å². The molecule has 0 aliphatic heterocycles. The van der Waals surface area contributed by atoms with E-state index in [1.165, 1.54) is 47.2 Å². The second kappa shape index (κ2) is 22.8. The fourth-order valence-corrected chi connectivity index (χ4v) is 8.85. The number of halogens is 2. The Morgan fingerprint density at radius 1 is 0.568 bits per heavy atom. The number of phenolic OH excluding ortho intramolecular Hbond substituents is 2. The minimum absolute atomic E-state index is 0.0530. The number of amides is 2. The van der Waals surface area contributed by atoms with Crippen LogP contribution in [0.1, 0.15) is 104 Å². The van der Waals surface area contributed by atoms with Crippen molar-refractivity contribution in [3.63, 3.8) is 0 Å². The number of carbonyl (C=O) groups is 2. The second-order valence-electron chi connectivity index (χ2n) is 19.0. The monoisotopic (exact) mass is 998 g/mol. The number of carbonyl (C=O) groups excluding carboxylic acids is 2. The minimum Gasteiger partial charge on any atom is -0.508 e. The van der Waals surface area contributed by atoms with Crippen LogP contribution in [0.3, 0.4) is 0 Å². The number of para-hydroxylation sites is 2. The number of benzene rings is 6. The smallest absolute Gasteiger partial charge is 0.274 e. The van der Waals surface area contributed by atoms with E-state index in [9.17, 15) is 28.6 Å². The molecule has 16 heteroatoms. The minimum atomic E-state index is -0.553. The zero-order chi connectivity index (χ0) is 51.9. The molecule has 2 aliphatic carbocycles. The Labute approximate surface area is 428 Å². The van der Waals surface area contributed by atoms with Crippen molar-refractivity contribution in [2.45, 2.75) is 64.7 Å². The van der Waals surface area contributed by atoms with Gasteiger partial charge < -0.3 is 42.9 Å². The Balaban J connectivity index is 0.000000182. The molecule has 74 heavy (non-hydrogen) atoms. The molecule has 10 N–H and O–H groups in total. The van der Waals surface area contributed by atoms with Crippen molar-refractivity contribution in [1.82, 2.24) is 30.2 Å². The molecule has 6 aromatic carbocycles. The number of hydrogen-bond donors (Lipinski definition) is 8. The van der Waals surface area contributed by atoms with Gasteiger partial charge in [-0.15, -0.1) is 0 Å². The van der Waals surface area contributed by atoms with E-state index >= 15 is 0 Å². The summed E-state index contributed by atoms with van der Waals surface area (Å²) >= 11 is 0. The van der Waals surface area contributed by atoms with Crippen LogP contribution in [-0.2, 0) is 13.1 Å². The van der Waals surface area contributed by atoms with Crippen molar-refractivity contribution < 1.29 is 28.6 Å². The maximum atomic E-state index is 14.9. The highest BCUT2D eigenvalue weighted by molar-refractivity contribution is 6.04. The molecular weight excluding hydrogens is 939 g/mol. The molecular formula is C58H60F2N10O4. The van der Waals surface area contributed by atoms with Gasteiger partial charge in [-0.25, -0.2) is 18.1 Å². The van der Waals surface area contributed by atoms with Gasteiger partial charge in [0.2, 0.25) is 0 Å². The molecule has 8 aromatic rings. The lowest BCUT2D eigenvalue weighted by atomic mass is 9.97. The van der Waals surface area contributed by atoms with Crippen LogP contribution in [0.4, 0.5) is 20.2 Å². The molecule has 2 aromatic heterocycles. The summed E-state index contributed by atoms with van der Waals surface area (Å²) in [6, 6.07) is 41.0. The van der Waals surface area contributed by atoms with Crippen molar-refractivity contribution in [3.8, 4) is 22.9 Å². The molecule has 2 unspecified atom stereocenters. The number of anilines is 2. The molecule has 380 valence electrons. The van der Waals surface area contributed by atoms with Crippen LogP contribution in [0.25, 0.3) is 11.4 Å². The third-order valence-corrected chi connectivity index (χ3v) is 13.2. The summed E-state index contributed by atoms with van der Waals surface area (Å²) < 4.78 is 32.9. The lowest BCUT2D eigenvalue weighted by molar-refractivity contribution is 0.101. The normalized spacial score (nSPS) is 13.9. The van der Waals surface area contributed by atoms with E-state index in [1.807, 2.05) is 72.8 Å². The Hall–Kier alpha value is -8.02. The zero-order valence-electron chi connectivity index (χ0n) is 41.2. The van der Waals surface area contributed by atoms with E-state index in [0.29, 0.717) is 58.8 Å². The fourth-order valence-electron chi connectivity index (χ4n) is 8.85. The van der Waals surface area contributed by atoms with Crippen molar-refractivity contribution >= 4 is 23.2 Å². The highest BCUT2D eigenvalue weighted by atomic mass is 19.1. The third kappa shape index (κ3) is 12.2. The number of aromatic nitrogens is 4. The molecule has 0 bridgehead atoms. The zero-order valence-corrected chi connectivity index (χ0v) is 41.2. The number of aryl methyl sites for hydroxylation is 2. The maximum Gasteiger partial charge on any atom is 0.274 e. The number of nitrogens with one attached hydrogen (secondary N) is 4. The molecule has 2 fully saturated rings. The molecule has 2 heterocycles. The number of hydrogen-bond acceptors (Lipinski definition) is 10. The van der Waals surface area contributed by atoms with Gasteiger partial charge >= 0.3 is 0 Å². The van der Waals surface area contributed by atoms with E-state index in [-0.39, 0.29) is 46.3 Å². The first kappa shape index (κ1) is 50.9. The molecule has 0 saturated heterocycles. The molecule has 2 amide bonds. The molecule has 10 rings (SSSR count). The van der Waals surface area contributed by atoms with Gasteiger partial charge in [-0.1, -0.05) is 72.8 Å². The third-order valence-electron chi connectivity index (χ3n) is 13.2. The highest BCUT2D eigenvalue weighted by Crippen LogP contribution is 2.36. The van der Waals surface area contributed by atoms with E-state index in [4.69, 9.17) is 11.5 Å². The Morgan fingerprint density at radius 3 is 1.35 bits per heavy atom. The summed E-state index contributed by atoms with van der Waals surface area (Å²) in [6.07, 6.45) is 4.69. The number of rotatable bonds is 18. The SMILES string of the molecule is Cc1cc(C(=O)Nc2cc(C(NCC3CC3)c3ccccc3O)ccc2F)n(-c2cccc(CN)c2)n1.Cc1cc(C(=O)Nc2cc(C(NCC3CC3)c3ccccc3O)ccc2F)n(-c2cccc(CN)c2)n1. The van der Waals surface area contributed by atoms with Crippen molar-refractivity contribution in [2.24, 2.45) is 23.3 Å². The van der Waals surface area contributed by atoms with Crippen molar-refractivity contribution in [3.05, 3.63) is 213 Å². The Morgan fingerprint density at radius 2 is 0.973 bits per heavy atom. The summed E-state index contributed by atoms with van der Waals surface area (Å²) in [4.78, 5) is 26.7. The van der Waals surface area contributed by atoms with E-state index < -0.39 is 23.4 Å². The molecule has 2 saturated carbocycles. The summed E-state index contributed by atoms with van der Waals surface area (Å²) in [6.45, 7) is 5.89. The van der Waals surface area contributed by atoms with Crippen LogP contribution in [0, 0.1) is 37.3 Å². The topological polar surface area (TPSA) is 210 Å². The van der Waals surface area contributed by atoms with E-state index in [0.717, 1.165) is 35.3 Å².